The van der Waals surface area contributed by atoms with Gasteiger partial charge in [-0.15, -0.1) is 0 Å². The Hall–Kier alpha value is -0.610. The van der Waals surface area contributed by atoms with E-state index in [0.29, 0.717) is 18.3 Å². The average Bonchev–Trinajstić information content (AvgIpc) is 3.16. The molecule has 0 amide bonds. The SMILES string of the molecule is COC(=O)C1CCCC(OC2CCC3OC3C2)C1. The molecule has 4 heteroatoms. The quantitative estimate of drug-likeness (QED) is 0.571. The van der Waals surface area contributed by atoms with Crippen molar-refractivity contribution in [1.29, 1.82) is 0 Å². The number of fused-ring (bicyclic) bond motifs is 1. The normalized spacial score (nSPS) is 43.1. The zero-order valence-electron chi connectivity index (χ0n) is 11.0. The van der Waals surface area contributed by atoms with Crippen LogP contribution >= 0.6 is 0 Å². The van der Waals surface area contributed by atoms with E-state index in [9.17, 15) is 4.79 Å². The van der Waals surface area contributed by atoms with Gasteiger partial charge in [-0.05, 0) is 32.1 Å². The lowest BCUT2D eigenvalue weighted by molar-refractivity contribution is -0.149. The second kappa shape index (κ2) is 5.17. The molecule has 0 bridgehead atoms. The highest BCUT2D eigenvalue weighted by Crippen LogP contribution is 2.39. The van der Waals surface area contributed by atoms with Crippen LogP contribution in [0, 0.1) is 5.92 Å². The number of hydrogen-bond acceptors (Lipinski definition) is 4. The molecule has 1 aliphatic heterocycles. The summed E-state index contributed by atoms with van der Waals surface area (Å²) in [4.78, 5) is 11.6. The van der Waals surface area contributed by atoms with Crippen molar-refractivity contribution in [2.24, 2.45) is 5.92 Å². The Morgan fingerprint density at radius 2 is 1.89 bits per heavy atom. The highest BCUT2D eigenvalue weighted by atomic mass is 16.6. The molecule has 3 aliphatic rings. The summed E-state index contributed by atoms with van der Waals surface area (Å²) in [5.74, 6) is -0.0280. The number of rotatable bonds is 3. The summed E-state index contributed by atoms with van der Waals surface area (Å²) in [5.41, 5.74) is 0. The summed E-state index contributed by atoms with van der Waals surface area (Å²) in [7, 11) is 1.47. The fourth-order valence-electron chi connectivity index (χ4n) is 3.41. The molecule has 0 N–H and O–H groups in total. The molecule has 2 aliphatic carbocycles. The van der Waals surface area contributed by atoms with Crippen molar-refractivity contribution in [1.82, 2.24) is 0 Å². The number of ether oxygens (including phenoxy) is 3. The molecular weight excluding hydrogens is 232 g/mol. The first-order chi connectivity index (χ1) is 8.76. The molecule has 1 heterocycles. The Morgan fingerprint density at radius 1 is 1.06 bits per heavy atom. The molecule has 18 heavy (non-hydrogen) atoms. The van der Waals surface area contributed by atoms with Crippen LogP contribution in [0.15, 0.2) is 0 Å². The van der Waals surface area contributed by atoms with Gasteiger partial charge in [-0.3, -0.25) is 4.79 Å². The Morgan fingerprint density at radius 3 is 2.67 bits per heavy atom. The molecule has 0 aromatic carbocycles. The Kier molecular flexibility index (Phi) is 3.57. The summed E-state index contributed by atoms with van der Waals surface area (Å²) in [6, 6.07) is 0. The maximum atomic E-state index is 11.6. The summed E-state index contributed by atoms with van der Waals surface area (Å²) < 4.78 is 16.5. The topological polar surface area (TPSA) is 48.1 Å². The van der Waals surface area contributed by atoms with E-state index < -0.39 is 0 Å². The van der Waals surface area contributed by atoms with Gasteiger partial charge < -0.3 is 14.2 Å². The highest BCUT2D eigenvalue weighted by Gasteiger charge is 2.45. The standard InChI is InChI=1S/C14H22O4/c1-16-14(15)9-3-2-4-10(7-9)17-11-5-6-12-13(8-11)18-12/h9-13H,2-8H2,1H3. The predicted octanol–water partition coefficient (Wildman–Crippen LogP) is 2.05. The molecule has 0 aromatic heterocycles. The zero-order valence-corrected chi connectivity index (χ0v) is 11.0. The van der Waals surface area contributed by atoms with Crippen LogP contribution < -0.4 is 0 Å². The van der Waals surface area contributed by atoms with E-state index in [1.165, 1.54) is 7.11 Å². The average molecular weight is 254 g/mol. The van der Waals surface area contributed by atoms with E-state index in [0.717, 1.165) is 44.9 Å². The first-order valence-electron chi connectivity index (χ1n) is 7.15. The molecule has 3 fully saturated rings. The zero-order chi connectivity index (χ0) is 12.5. The van der Waals surface area contributed by atoms with Crippen molar-refractivity contribution in [2.75, 3.05) is 7.11 Å². The largest absolute Gasteiger partial charge is 0.469 e. The summed E-state index contributed by atoms with van der Waals surface area (Å²) in [5, 5.41) is 0. The summed E-state index contributed by atoms with van der Waals surface area (Å²) in [6.07, 6.45) is 8.80. The van der Waals surface area contributed by atoms with Crippen LogP contribution in [0.25, 0.3) is 0 Å². The smallest absolute Gasteiger partial charge is 0.308 e. The second-order valence-electron chi connectivity index (χ2n) is 5.79. The van der Waals surface area contributed by atoms with Crippen molar-refractivity contribution in [2.45, 2.75) is 69.4 Å². The maximum absolute atomic E-state index is 11.6. The Bertz CT molecular complexity index is 317. The molecule has 4 nitrogen and oxygen atoms in total. The van der Waals surface area contributed by atoms with Crippen LogP contribution in [0.2, 0.25) is 0 Å². The molecule has 2 saturated carbocycles. The number of methoxy groups -OCH3 is 1. The fraction of sp³-hybridized carbons (Fsp3) is 0.929. The molecule has 0 aromatic rings. The predicted molar refractivity (Wildman–Crippen MR) is 65.1 cm³/mol. The van der Waals surface area contributed by atoms with Crippen LogP contribution in [-0.2, 0) is 19.0 Å². The second-order valence-corrected chi connectivity index (χ2v) is 5.79. The van der Waals surface area contributed by atoms with Gasteiger partial charge in [0.15, 0.2) is 0 Å². The van der Waals surface area contributed by atoms with Gasteiger partial charge in [-0.2, -0.15) is 0 Å². The van der Waals surface area contributed by atoms with E-state index >= 15 is 0 Å². The minimum atomic E-state index is -0.0717. The third-order valence-electron chi connectivity index (χ3n) is 4.50. The molecule has 3 rings (SSSR count). The van der Waals surface area contributed by atoms with Crippen molar-refractivity contribution in [3.05, 3.63) is 0 Å². The van der Waals surface area contributed by atoms with E-state index in [-0.39, 0.29) is 18.0 Å². The molecule has 0 spiro atoms. The first kappa shape index (κ1) is 12.4. The molecule has 0 radical (unpaired) electrons. The lowest BCUT2D eigenvalue weighted by atomic mass is 9.87. The number of hydrogen-bond donors (Lipinski definition) is 0. The van der Waals surface area contributed by atoms with Gasteiger partial charge >= 0.3 is 5.97 Å². The molecule has 5 unspecified atom stereocenters. The van der Waals surface area contributed by atoms with Crippen molar-refractivity contribution < 1.29 is 19.0 Å². The third kappa shape index (κ3) is 2.69. The van der Waals surface area contributed by atoms with Gasteiger partial charge in [-0.1, -0.05) is 6.42 Å². The Labute approximate surface area is 108 Å². The van der Waals surface area contributed by atoms with E-state index in [2.05, 4.69) is 0 Å². The number of epoxide rings is 1. The van der Waals surface area contributed by atoms with Gasteiger partial charge in [-0.25, -0.2) is 0 Å². The molecule has 5 atom stereocenters. The minimum Gasteiger partial charge on any atom is -0.469 e. The number of carbonyl (C=O) groups is 1. The van der Waals surface area contributed by atoms with E-state index in [4.69, 9.17) is 14.2 Å². The van der Waals surface area contributed by atoms with Crippen LogP contribution in [0.4, 0.5) is 0 Å². The van der Waals surface area contributed by atoms with Crippen LogP contribution in [0.3, 0.4) is 0 Å². The van der Waals surface area contributed by atoms with E-state index in [1.54, 1.807) is 0 Å². The third-order valence-corrected chi connectivity index (χ3v) is 4.50. The van der Waals surface area contributed by atoms with Crippen LogP contribution in [-0.4, -0.2) is 37.5 Å². The molecule has 1 saturated heterocycles. The Balaban J connectivity index is 1.48. The van der Waals surface area contributed by atoms with Crippen LogP contribution in [0.5, 0.6) is 0 Å². The lowest BCUT2D eigenvalue weighted by Gasteiger charge is -2.31. The minimum absolute atomic E-state index is 0.0438. The van der Waals surface area contributed by atoms with Crippen molar-refractivity contribution in [3.63, 3.8) is 0 Å². The molecule has 102 valence electrons. The highest BCUT2D eigenvalue weighted by molar-refractivity contribution is 5.72. The van der Waals surface area contributed by atoms with Crippen molar-refractivity contribution >= 4 is 5.97 Å². The fourth-order valence-corrected chi connectivity index (χ4v) is 3.41. The van der Waals surface area contributed by atoms with Crippen molar-refractivity contribution in [3.8, 4) is 0 Å². The lowest BCUT2D eigenvalue weighted by Crippen LogP contribution is -2.33. The number of carbonyl (C=O) groups excluding carboxylic acids is 1. The molecular formula is C14H22O4. The number of esters is 1. The monoisotopic (exact) mass is 254 g/mol. The summed E-state index contributed by atoms with van der Waals surface area (Å²) in [6.45, 7) is 0. The van der Waals surface area contributed by atoms with E-state index in [1.807, 2.05) is 0 Å². The first-order valence-corrected chi connectivity index (χ1v) is 7.15. The van der Waals surface area contributed by atoms with Gasteiger partial charge in [0.05, 0.1) is 37.4 Å². The van der Waals surface area contributed by atoms with Crippen LogP contribution in [0.1, 0.15) is 44.9 Å². The summed E-state index contributed by atoms with van der Waals surface area (Å²) >= 11 is 0. The van der Waals surface area contributed by atoms with Gasteiger partial charge in [0.25, 0.3) is 0 Å². The maximum Gasteiger partial charge on any atom is 0.308 e. The van der Waals surface area contributed by atoms with Gasteiger partial charge in [0.1, 0.15) is 0 Å². The van der Waals surface area contributed by atoms with Gasteiger partial charge in [0, 0.05) is 6.42 Å². The van der Waals surface area contributed by atoms with Gasteiger partial charge in [0.2, 0.25) is 0 Å².